The molecule has 3 heteroatoms. The minimum Gasteiger partial charge on any atom is -0.339 e. The van der Waals surface area contributed by atoms with Crippen LogP contribution in [0.5, 0.6) is 0 Å². The van der Waals surface area contributed by atoms with E-state index in [1.165, 1.54) is 24.0 Å². The predicted octanol–water partition coefficient (Wildman–Crippen LogP) is 3.57. The second-order valence-electron chi connectivity index (χ2n) is 6.04. The molecule has 1 aromatic carbocycles. The van der Waals surface area contributed by atoms with Crippen LogP contribution in [0, 0.1) is 5.92 Å². The first kappa shape index (κ1) is 14.1. The van der Waals surface area contributed by atoms with Gasteiger partial charge in [-0.05, 0) is 49.7 Å². The van der Waals surface area contributed by atoms with Crippen LogP contribution in [0.4, 0.5) is 0 Å². The number of aryl methyl sites for hydroxylation is 1. The molecule has 1 saturated heterocycles. The lowest BCUT2D eigenvalue weighted by molar-refractivity contribution is -0.139. The summed E-state index contributed by atoms with van der Waals surface area (Å²) < 4.78 is 0. The van der Waals surface area contributed by atoms with E-state index in [-0.39, 0.29) is 5.92 Å². The molecule has 2 unspecified atom stereocenters. The molecule has 1 aromatic rings. The van der Waals surface area contributed by atoms with Crippen LogP contribution in [0.15, 0.2) is 24.3 Å². The van der Waals surface area contributed by atoms with Gasteiger partial charge in [-0.2, -0.15) is 0 Å². The van der Waals surface area contributed by atoms with Crippen molar-refractivity contribution in [3.8, 4) is 0 Å². The Bertz CT molecular complexity index is 488. The maximum absolute atomic E-state index is 12.8. The summed E-state index contributed by atoms with van der Waals surface area (Å²) in [4.78, 5) is 15.0. The number of fused-ring (bicyclic) bond motifs is 1. The number of rotatable bonds is 2. The number of amides is 1. The van der Waals surface area contributed by atoms with Gasteiger partial charge in [-0.15, -0.1) is 0 Å². The fourth-order valence-electron chi connectivity index (χ4n) is 3.59. The molecule has 0 radical (unpaired) electrons. The van der Waals surface area contributed by atoms with Crippen molar-refractivity contribution in [2.75, 3.05) is 11.9 Å². The number of benzene rings is 1. The van der Waals surface area contributed by atoms with E-state index in [9.17, 15) is 4.79 Å². The number of likely N-dealkylation sites (tertiary alicyclic amines) is 1. The number of hydrogen-bond donors (Lipinski definition) is 0. The van der Waals surface area contributed by atoms with Crippen molar-refractivity contribution in [2.45, 2.75) is 44.6 Å². The van der Waals surface area contributed by atoms with Gasteiger partial charge in [-0.25, -0.2) is 0 Å². The first-order valence-electron chi connectivity index (χ1n) is 7.73. The Balaban J connectivity index is 1.72. The van der Waals surface area contributed by atoms with E-state index in [0.717, 1.165) is 37.6 Å². The van der Waals surface area contributed by atoms with Crippen molar-refractivity contribution in [3.05, 3.63) is 35.4 Å². The average Bonchev–Trinajstić information content (AvgIpc) is 2.53. The molecule has 0 N–H and O–H groups in total. The van der Waals surface area contributed by atoms with E-state index in [2.05, 4.69) is 45.1 Å². The summed E-state index contributed by atoms with van der Waals surface area (Å²) in [6.07, 6.45) is 6.58. The van der Waals surface area contributed by atoms with Crippen molar-refractivity contribution >= 4 is 21.8 Å². The lowest BCUT2D eigenvalue weighted by atomic mass is 9.82. The number of nitrogens with zero attached hydrogens (tertiary/aromatic N) is 1. The summed E-state index contributed by atoms with van der Waals surface area (Å²) in [5, 5.41) is 0.919. The molecule has 0 aromatic heterocycles. The maximum Gasteiger partial charge on any atom is 0.226 e. The molecule has 0 bridgehead atoms. The van der Waals surface area contributed by atoms with Crippen molar-refractivity contribution in [1.29, 1.82) is 0 Å². The van der Waals surface area contributed by atoms with Gasteiger partial charge in [-0.1, -0.05) is 40.2 Å². The molecule has 1 aliphatic carbocycles. The van der Waals surface area contributed by atoms with E-state index >= 15 is 0 Å². The van der Waals surface area contributed by atoms with Crippen LogP contribution in [-0.2, 0) is 17.6 Å². The molecule has 1 heterocycles. The molecule has 1 amide bonds. The summed E-state index contributed by atoms with van der Waals surface area (Å²) in [6.45, 7) is 0.952. The van der Waals surface area contributed by atoms with Gasteiger partial charge >= 0.3 is 0 Å². The minimum atomic E-state index is 0.199. The molecule has 0 spiro atoms. The monoisotopic (exact) mass is 335 g/mol. The smallest absolute Gasteiger partial charge is 0.226 e. The number of carbonyl (C=O) groups excluding carboxylic acids is 1. The number of piperidine rings is 1. The fraction of sp³-hybridized carbons (Fsp3) is 0.588. The SMILES string of the molecule is O=C(C1CCc2ccccc2C1)N1CCCCC1CBr. The average molecular weight is 336 g/mol. The number of alkyl halides is 1. The van der Waals surface area contributed by atoms with Gasteiger partial charge in [0.2, 0.25) is 5.91 Å². The molecule has 20 heavy (non-hydrogen) atoms. The van der Waals surface area contributed by atoms with Crippen molar-refractivity contribution < 1.29 is 4.79 Å². The standard InChI is InChI=1S/C17H22BrNO/c18-12-16-7-3-4-10-19(16)17(20)15-9-8-13-5-1-2-6-14(13)11-15/h1-2,5-6,15-16H,3-4,7-12H2. The topological polar surface area (TPSA) is 20.3 Å². The largest absolute Gasteiger partial charge is 0.339 e. The number of hydrogen-bond acceptors (Lipinski definition) is 1. The lowest BCUT2D eigenvalue weighted by Crippen LogP contribution is -2.48. The van der Waals surface area contributed by atoms with Crippen LogP contribution in [-0.4, -0.2) is 28.7 Å². The highest BCUT2D eigenvalue weighted by Crippen LogP contribution is 2.29. The van der Waals surface area contributed by atoms with Crippen LogP contribution in [0.3, 0.4) is 0 Å². The van der Waals surface area contributed by atoms with E-state index in [1.54, 1.807) is 0 Å². The summed E-state index contributed by atoms with van der Waals surface area (Å²) in [6, 6.07) is 9.00. The molecule has 1 aliphatic heterocycles. The Kier molecular flexibility index (Phi) is 4.45. The Hall–Kier alpha value is -0.830. The number of halogens is 1. The quantitative estimate of drug-likeness (QED) is 0.756. The third kappa shape index (κ3) is 2.78. The minimum absolute atomic E-state index is 0.199. The van der Waals surface area contributed by atoms with Crippen molar-refractivity contribution in [3.63, 3.8) is 0 Å². The molecule has 1 fully saturated rings. The maximum atomic E-state index is 12.8. The molecule has 2 aliphatic rings. The summed E-state index contributed by atoms with van der Waals surface area (Å²) in [5.74, 6) is 0.591. The van der Waals surface area contributed by atoms with E-state index in [0.29, 0.717) is 11.9 Å². The zero-order chi connectivity index (χ0) is 13.9. The highest BCUT2D eigenvalue weighted by molar-refractivity contribution is 9.09. The molecule has 2 nitrogen and oxygen atoms in total. The third-order valence-corrected chi connectivity index (χ3v) is 5.53. The van der Waals surface area contributed by atoms with Gasteiger partial charge < -0.3 is 4.90 Å². The Morgan fingerprint density at radius 2 is 2.00 bits per heavy atom. The normalized spacial score (nSPS) is 26.1. The molecule has 3 rings (SSSR count). The lowest BCUT2D eigenvalue weighted by Gasteiger charge is -2.38. The number of carbonyl (C=O) groups is 1. The Morgan fingerprint density at radius 1 is 1.20 bits per heavy atom. The van der Waals surface area contributed by atoms with Gasteiger partial charge in [0.15, 0.2) is 0 Å². The molecule has 2 atom stereocenters. The van der Waals surface area contributed by atoms with Gasteiger partial charge in [0, 0.05) is 23.8 Å². The molecular formula is C17H22BrNO. The van der Waals surface area contributed by atoms with Crippen LogP contribution in [0.1, 0.15) is 36.8 Å². The van der Waals surface area contributed by atoms with E-state index in [1.807, 2.05) is 0 Å². The van der Waals surface area contributed by atoms with Crippen LogP contribution >= 0.6 is 15.9 Å². The van der Waals surface area contributed by atoms with E-state index < -0.39 is 0 Å². The second kappa shape index (κ2) is 6.30. The van der Waals surface area contributed by atoms with Crippen molar-refractivity contribution in [1.82, 2.24) is 4.90 Å². The van der Waals surface area contributed by atoms with Gasteiger partial charge in [0.25, 0.3) is 0 Å². The first-order chi connectivity index (χ1) is 9.79. The van der Waals surface area contributed by atoms with Crippen molar-refractivity contribution in [2.24, 2.45) is 5.92 Å². The summed E-state index contributed by atoms with van der Waals surface area (Å²) in [7, 11) is 0. The van der Waals surface area contributed by atoms with Crippen LogP contribution in [0.25, 0.3) is 0 Å². The van der Waals surface area contributed by atoms with Gasteiger partial charge in [-0.3, -0.25) is 4.79 Å². The Morgan fingerprint density at radius 3 is 2.80 bits per heavy atom. The highest BCUT2D eigenvalue weighted by atomic mass is 79.9. The van der Waals surface area contributed by atoms with Crippen LogP contribution in [0.2, 0.25) is 0 Å². The summed E-state index contributed by atoms with van der Waals surface area (Å²) in [5.41, 5.74) is 2.82. The van der Waals surface area contributed by atoms with E-state index in [4.69, 9.17) is 0 Å². The van der Waals surface area contributed by atoms with Gasteiger partial charge in [0.05, 0.1) is 0 Å². The van der Waals surface area contributed by atoms with Gasteiger partial charge in [0.1, 0.15) is 0 Å². The molecule has 0 saturated carbocycles. The van der Waals surface area contributed by atoms with Crippen LogP contribution < -0.4 is 0 Å². The zero-order valence-corrected chi connectivity index (χ0v) is 13.4. The Labute approximate surface area is 129 Å². The predicted molar refractivity (Wildman–Crippen MR) is 85.1 cm³/mol. The highest BCUT2D eigenvalue weighted by Gasteiger charge is 2.32. The molecule has 108 valence electrons. The molecular weight excluding hydrogens is 314 g/mol. The first-order valence-corrected chi connectivity index (χ1v) is 8.85. The second-order valence-corrected chi connectivity index (χ2v) is 6.69. The fourth-order valence-corrected chi connectivity index (χ4v) is 4.27. The zero-order valence-electron chi connectivity index (χ0n) is 11.9. The summed E-state index contributed by atoms with van der Waals surface area (Å²) >= 11 is 3.58. The third-order valence-electron chi connectivity index (χ3n) is 4.78.